The minimum Gasteiger partial charge on any atom is -0.326 e. The number of nitrogens with zero attached hydrogens (tertiary/aromatic N) is 5. The van der Waals surface area contributed by atoms with Gasteiger partial charge < -0.3 is 5.32 Å². The lowest BCUT2D eigenvalue weighted by Crippen LogP contribution is -2.37. The Bertz CT molecular complexity index is 1540. The molecule has 2 aliphatic heterocycles. The highest BCUT2D eigenvalue weighted by Gasteiger charge is 2.46. The smallest absolute Gasteiger partial charge is 0.326 e. The molecule has 1 fully saturated rings. The Balaban J connectivity index is 1.55. The van der Waals surface area contributed by atoms with Crippen LogP contribution in [-0.2, 0) is 4.79 Å². The van der Waals surface area contributed by atoms with Crippen LogP contribution in [-0.4, -0.2) is 44.7 Å². The number of pyridine rings is 1. The Hall–Kier alpha value is -3.71. The Morgan fingerprint density at radius 1 is 1.17 bits per heavy atom. The standard InChI is InChI=1S/C26H25F3N6O/c1-15(2)25(36)30-19-7-4-17-5-8-20(31-21(17)12-19)24-33-32-22-9-6-18(14-35(22)24)23(26(27,28)29)34-11-10-16(3)13-34/h4,6-7,9,12,14-16,23H,10-11,13H2,1-3H3,(H,30,36)/t16-,23+/m0/s1. The van der Waals surface area contributed by atoms with Crippen LogP contribution in [0.15, 0.2) is 47.3 Å². The average molecular weight is 495 g/mol. The number of nitrogens with one attached hydrogen (secondary N) is 1. The number of hydrogen-bond acceptors (Lipinski definition) is 5. The van der Waals surface area contributed by atoms with Gasteiger partial charge in [-0.1, -0.05) is 32.6 Å². The van der Waals surface area contributed by atoms with Crippen LogP contribution in [0, 0.1) is 11.8 Å². The lowest BCUT2D eigenvalue weighted by atomic mass is 10.1. The molecule has 3 aromatic rings. The largest absolute Gasteiger partial charge is 0.408 e. The summed E-state index contributed by atoms with van der Waals surface area (Å²) < 4.78 is 44.0. The molecular weight excluding hydrogens is 469 g/mol. The molecular formula is C26H25F3N6O. The minimum absolute atomic E-state index is 0.119. The number of aromatic nitrogens is 3. The summed E-state index contributed by atoms with van der Waals surface area (Å²) in [5, 5.41) is 12.3. The molecule has 4 heterocycles. The second-order valence-electron chi connectivity index (χ2n) is 9.63. The molecule has 7 nitrogen and oxygen atoms in total. The van der Waals surface area contributed by atoms with E-state index < -0.39 is 12.2 Å². The molecule has 0 radical (unpaired) electrons. The van der Waals surface area contributed by atoms with Crippen LogP contribution in [0.2, 0.25) is 0 Å². The Kier molecular flexibility index (Phi) is 6.04. The fourth-order valence-electron chi connectivity index (χ4n) is 4.52. The number of amides is 1. The number of carbonyl (C=O) groups is 1. The molecule has 2 aromatic heterocycles. The first kappa shape index (κ1) is 24.0. The molecule has 0 aliphatic carbocycles. The van der Waals surface area contributed by atoms with E-state index in [-0.39, 0.29) is 34.8 Å². The average Bonchev–Trinajstić information content (AvgIpc) is 3.43. The fraction of sp³-hybridized carbons (Fsp3) is 0.385. The van der Waals surface area contributed by atoms with E-state index in [0.29, 0.717) is 35.0 Å². The van der Waals surface area contributed by atoms with Crippen LogP contribution in [0.5, 0.6) is 0 Å². The van der Waals surface area contributed by atoms with Crippen molar-refractivity contribution in [3.8, 4) is 0 Å². The summed E-state index contributed by atoms with van der Waals surface area (Å²) in [6, 6.07) is 6.52. The van der Waals surface area contributed by atoms with E-state index >= 15 is 0 Å². The first-order chi connectivity index (χ1) is 17.1. The minimum atomic E-state index is -4.43. The maximum absolute atomic E-state index is 14.2. The van der Waals surface area contributed by atoms with Crippen molar-refractivity contribution in [2.45, 2.75) is 39.4 Å². The first-order valence-electron chi connectivity index (χ1n) is 11.8. The molecule has 1 aromatic carbocycles. The highest BCUT2D eigenvalue weighted by Crippen LogP contribution is 2.40. The molecule has 5 rings (SSSR count). The van der Waals surface area contributed by atoms with Gasteiger partial charge in [0.05, 0.1) is 10.6 Å². The highest BCUT2D eigenvalue weighted by atomic mass is 19.4. The molecule has 2 atom stereocenters. The zero-order chi connectivity index (χ0) is 25.6. The first-order valence-corrected chi connectivity index (χ1v) is 11.8. The quantitative estimate of drug-likeness (QED) is 0.552. The van der Waals surface area contributed by atoms with Gasteiger partial charge in [-0.2, -0.15) is 13.2 Å². The third kappa shape index (κ3) is 4.58. The molecule has 0 bridgehead atoms. The zero-order valence-electron chi connectivity index (χ0n) is 20.1. The summed E-state index contributed by atoms with van der Waals surface area (Å²) in [5.41, 5.74) is 7.36. The van der Waals surface area contributed by atoms with Crippen molar-refractivity contribution < 1.29 is 18.0 Å². The molecule has 1 saturated heterocycles. The third-order valence-corrected chi connectivity index (χ3v) is 6.42. The van der Waals surface area contributed by atoms with Gasteiger partial charge in [-0.3, -0.25) is 14.1 Å². The number of likely N-dealkylation sites (tertiary alicyclic amines) is 1. The number of alkyl halides is 3. The monoisotopic (exact) mass is 494 g/mol. The number of halogens is 3. The van der Waals surface area contributed by atoms with Crippen molar-refractivity contribution in [1.29, 1.82) is 0 Å². The van der Waals surface area contributed by atoms with Crippen LogP contribution >= 0.6 is 0 Å². The number of carbonyl (C=O) groups excluding carboxylic acids is 1. The Morgan fingerprint density at radius 2 is 1.97 bits per heavy atom. The van der Waals surface area contributed by atoms with Crippen molar-refractivity contribution in [2.24, 2.45) is 16.8 Å². The van der Waals surface area contributed by atoms with Gasteiger partial charge in [0.15, 0.2) is 17.2 Å². The predicted octanol–water partition coefficient (Wildman–Crippen LogP) is 3.48. The van der Waals surface area contributed by atoms with E-state index in [1.165, 1.54) is 27.6 Å². The maximum atomic E-state index is 14.2. The molecule has 0 spiro atoms. The second kappa shape index (κ2) is 9.06. The van der Waals surface area contributed by atoms with Crippen molar-refractivity contribution >= 4 is 28.7 Å². The molecule has 0 saturated carbocycles. The third-order valence-electron chi connectivity index (χ3n) is 6.42. The topological polar surface area (TPSA) is 74.9 Å². The zero-order valence-corrected chi connectivity index (χ0v) is 20.1. The summed E-state index contributed by atoms with van der Waals surface area (Å²) in [6.45, 7) is 6.35. The lowest BCUT2D eigenvalue weighted by Gasteiger charge is -2.30. The van der Waals surface area contributed by atoms with Gasteiger partial charge in [0.2, 0.25) is 5.91 Å². The molecule has 36 heavy (non-hydrogen) atoms. The van der Waals surface area contributed by atoms with E-state index in [9.17, 15) is 18.0 Å². The van der Waals surface area contributed by atoms with Gasteiger partial charge >= 0.3 is 6.18 Å². The van der Waals surface area contributed by atoms with Crippen molar-refractivity contribution in [3.05, 3.63) is 64.2 Å². The van der Waals surface area contributed by atoms with E-state index in [1.807, 2.05) is 6.92 Å². The summed E-state index contributed by atoms with van der Waals surface area (Å²) in [5.74, 6) is 0.174. The van der Waals surface area contributed by atoms with Crippen LogP contribution in [0.3, 0.4) is 0 Å². The van der Waals surface area contributed by atoms with Gasteiger partial charge in [-0.05, 0) is 54.4 Å². The van der Waals surface area contributed by atoms with Gasteiger partial charge in [0.1, 0.15) is 6.04 Å². The fourth-order valence-corrected chi connectivity index (χ4v) is 4.52. The summed E-state index contributed by atoms with van der Waals surface area (Å²) >= 11 is 0. The number of fused-ring (bicyclic) bond motifs is 2. The van der Waals surface area contributed by atoms with E-state index in [4.69, 9.17) is 0 Å². The number of benzene rings is 1. The Labute approximate surface area is 205 Å². The molecule has 1 amide bonds. The molecule has 0 unspecified atom stereocenters. The second-order valence-corrected chi connectivity index (χ2v) is 9.63. The normalized spacial score (nSPS) is 18.5. The van der Waals surface area contributed by atoms with Gasteiger partial charge in [0, 0.05) is 24.3 Å². The summed E-state index contributed by atoms with van der Waals surface area (Å²) in [6.07, 6.45) is -2.26. The van der Waals surface area contributed by atoms with Crippen molar-refractivity contribution in [3.63, 3.8) is 0 Å². The number of hydrogen-bond donors (Lipinski definition) is 1. The SMILES string of the molecule is CC(C)C(=O)Nc1ccc2c(c1)=NC(c1nnc3ccc([C@@H](N4CC[C@H](C)C4)C(F)(F)F)cn13)=C=C=2. The van der Waals surface area contributed by atoms with Crippen molar-refractivity contribution in [2.75, 3.05) is 18.4 Å². The predicted molar refractivity (Wildman–Crippen MR) is 128 cm³/mol. The molecule has 186 valence electrons. The molecule has 1 N–H and O–H groups in total. The van der Waals surface area contributed by atoms with Crippen molar-refractivity contribution in [1.82, 2.24) is 19.5 Å². The van der Waals surface area contributed by atoms with Gasteiger partial charge in [-0.25, -0.2) is 4.99 Å². The lowest BCUT2D eigenvalue weighted by molar-refractivity contribution is -0.184. The van der Waals surface area contributed by atoms with E-state index in [2.05, 4.69) is 32.0 Å². The van der Waals surface area contributed by atoms with Crippen LogP contribution in [0.1, 0.15) is 44.6 Å². The molecule has 10 heteroatoms. The Morgan fingerprint density at radius 3 is 2.67 bits per heavy atom. The maximum Gasteiger partial charge on any atom is 0.408 e. The van der Waals surface area contributed by atoms with E-state index in [0.717, 1.165) is 6.42 Å². The summed E-state index contributed by atoms with van der Waals surface area (Å²) in [7, 11) is 0. The van der Waals surface area contributed by atoms with Crippen LogP contribution < -0.4 is 15.9 Å². The number of rotatable bonds is 5. The van der Waals surface area contributed by atoms with Crippen LogP contribution in [0.25, 0.3) is 17.1 Å². The highest BCUT2D eigenvalue weighted by molar-refractivity contribution is 5.92. The molecule has 2 aliphatic rings. The van der Waals surface area contributed by atoms with Gasteiger partial charge in [-0.15, -0.1) is 10.2 Å². The van der Waals surface area contributed by atoms with Crippen LogP contribution in [0.4, 0.5) is 18.9 Å². The number of anilines is 1. The van der Waals surface area contributed by atoms with E-state index in [1.54, 1.807) is 32.0 Å². The van der Waals surface area contributed by atoms with Gasteiger partial charge in [0.25, 0.3) is 0 Å². The summed E-state index contributed by atoms with van der Waals surface area (Å²) in [4.78, 5) is 18.1.